The summed E-state index contributed by atoms with van der Waals surface area (Å²) in [6.07, 6.45) is 1.01. The first kappa shape index (κ1) is 23.7. The molecule has 0 bridgehead atoms. The van der Waals surface area contributed by atoms with Gasteiger partial charge in [0.05, 0.1) is 17.7 Å². The predicted octanol–water partition coefficient (Wildman–Crippen LogP) is 2.99. The van der Waals surface area contributed by atoms with Gasteiger partial charge in [0.2, 0.25) is 0 Å². The third-order valence-corrected chi connectivity index (χ3v) is 2.35. The Balaban J connectivity index is 0. The molecule has 0 aliphatic carbocycles. The minimum absolute atomic E-state index is 0.0609. The van der Waals surface area contributed by atoms with Crippen molar-refractivity contribution in [3.05, 3.63) is 35.2 Å². The highest BCUT2D eigenvalue weighted by Crippen LogP contribution is 2.33. The van der Waals surface area contributed by atoms with Gasteiger partial charge in [-0.25, -0.2) is 0 Å². The van der Waals surface area contributed by atoms with Crippen LogP contribution in [0.1, 0.15) is 32.8 Å². The minimum Gasteiger partial charge on any atom is -0.407 e. The molecule has 7 N–H and O–H groups in total. The van der Waals surface area contributed by atoms with Crippen LogP contribution < -0.4 is 27.5 Å². The lowest BCUT2D eigenvalue weighted by Crippen LogP contribution is -2.13. The van der Waals surface area contributed by atoms with E-state index in [2.05, 4.69) is 11.4 Å². The van der Waals surface area contributed by atoms with Crippen molar-refractivity contribution < 1.29 is 18.0 Å². The summed E-state index contributed by atoms with van der Waals surface area (Å²) in [7, 11) is 1.48. The Hall–Kier alpha value is -2.53. The van der Waals surface area contributed by atoms with E-state index in [1.165, 1.54) is 7.05 Å². The summed E-state index contributed by atoms with van der Waals surface area (Å²) in [5.41, 5.74) is 18.6. The summed E-state index contributed by atoms with van der Waals surface area (Å²) < 4.78 is 36.5. The summed E-state index contributed by atoms with van der Waals surface area (Å²) >= 11 is 0. The number of terminal acetylenes is 1. The molecule has 0 heterocycles. The molecule has 0 aliphatic rings. The molecule has 0 aromatic heterocycles. The smallest absolute Gasteiger partial charge is 0.407 e. The van der Waals surface area contributed by atoms with Crippen LogP contribution in [-0.4, -0.2) is 7.05 Å². The molecule has 1 aromatic rings. The minimum atomic E-state index is -4.38. The number of nitrogens with two attached hydrogens (primary N) is 3. The van der Waals surface area contributed by atoms with E-state index >= 15 is 0 Å². The van der Waals surface area contributed by atoms with Crippen LogP contribution in [0, 0.1) is 12.3 Å². The zero-order valence-electron chi connectivity index (χ0n) is 14.3. The summed E-state index contributed by atoms with van der Waals surface area (Å²) in [6, 6.07) is 2.89. The molecular formula is C16H25F3N4O. The van der Waals surface area contributed by atoms with Gasteiger partial charge in [-0.3, -0.25) is 0 Å². The van der Waals surface area contributed by atoms with Gasteiger partial charge in [-0.15, -0.1) is 12.3 Å². The Morgan fingerprint density at radius 1 is 1.29 bits per heavy atom. The monoisotopic (exact) mass is 346 g/mol. The van der Waals surface area contributed by atoms with Crippen LogP contribution in [0.25, 0.3) is 0 Å². The van der Waals surface area contributed by atoms with E-state index in [0.717, 1.165) is 18.2 Å². The molecule has 1 aromatic carbocycles. The highest BCUT2D eigenvalue weighted by atomic mass is 19.4. The molecule has 0 spiro atoms. The van der Waals surface area contributed by atoms with E-state index in [9.17, 15) is 13.2 Å². The number of nitrogen functional groups attached to an aromatic ring is 1. The molecule has 5 nitrogen and oxygen atoms in total. The maximum Gasteiger partial charge on any atom is 0.416 e. The molecular weight excluding hydrogens is 321 g/mol. The number of anilines is 1. The summed E-state index contributed by atoms with van der Waals surface area (Å²) in [5.74, 6) is 2.55. The number of nitrogens with one attached hydrogen (secondary N) is 1. The van der Waals surface area contributed by atoms with Crippen molar-refractivity contribution in [2.24, 2.45) is 11.5 Å². The van der Waals surface area contributed by atoms with Gasteiger partial charge in [-0.05, 0) is 25.1 Å². The molecule has 0 amide bonds. The van der Waals surface area contributed by atoms with Crippen molar-refractivity contribution in [2.75, 3.05) is 12.8 Å². The number of allylic oxidation sites excluding steroid dienone is 2. The number of halogens is 3. The molecule has 0 unspecified atom stereocenters. The van der Waals surface area contributed by atoms with Gasteiger partial charge in [-0.1, -0.05) is 13.8 Å². The van der Waals surface area contributed by atoms with Crippen LogP contribution in [0.5, 0.6) is 5.75 Å². The lowest BCUT2D eigenvalue weighted by Gasteiger charge is -2.10. The summed E-state index contributed by atoms with van der Waals surface area (Å²) in [5, 5.41) is 0. The number of alkyl halides is 3. The number of rotatable bonds is 3. The molecule has 0 aliphatic heterocycles. The van der Waals surface area contributed by atoms with E-state index in [0.29, 0.717) is 17.8 Å². The Labute approximate surface area is 141 Å². The second kappa shape index (κ2) is 12.0. The molecule has 136 valence electrons. The maximum absolute atomic E-state index is 12.2. The van der Waals surface area contributed by atoms with Crippen LogP contribution in [0.3, 0.4) is 0 Å². The van der Waals surface area contributed by atoms with E-state index in [4.69, 9.17) is 28.5 Å². The predicted molar refractivity (Wildman–Crippen MR) is 91.4 cm³/mol. The first-order chi connectivity index (χ1) is 11.1. The maximum atomic E-state index is 12.2. The molecule has 0 saturated heterocycles. The van der Waals surface area contributed by atoms with Gasteiger partial charge in [-0.2, -0.15) is 18.7 Å². The van der Waals surface area contributed by atoms with Crippen molar-refractivity contribution in [2.45, 2.75) is 33.4 Å². The van der Waals surface area contributed by atoms with Crippen molar-refractivity contribution in [3.63, 3.8) is 0 Å². The number of hydrogen-bond acceptors (Lipinski definition) is 5. The first-order valence-electron chi connectivity index (χ1n) is 7.08. The number of benzene rings is 1. The van der Waals surface area contributed by atoms with Crippen LogP contribution in [-0.2, 0) is 6.18 Å². The SMILES string of the molecule is C#CC/C(N)=C(/C)N.CC.CNOc1ccc(C(F)(F)F)cc1N. The topological polar surface area (TPSA) is 99.3 Å². The third-order valence-electron chi connectivity index (χ3n) is 2.35. The van der Waals surface area contributed by atoms with Crippen LogP contribution in [0.4, 0.5) is 18.9 Å². The molecule has 0 radical (unpaired) electrons. The number of hydrogen-bond donors (Lipinski definition) is 4. The highest BCUT2D eigenvalue weighted by Gasteiger charge is 2.30. The average molecular weight is 346 g/mol. The Bertz CT molecular complexity index is 559. The van der Waals surface area contributed by atoms with Crippen molar-refractivity contribution in [1.29, 1.82) is 0 Å². The van der Waals surface area contributed by atoms with Gasteiger partial charge in [0, 0.05) is 18.4 Å². The molecule has 1 rings (SSSR count). The van der Waals surface area contributed by atoms with E-state index in [-0.39, 0.29) is 11.4 Å². The Morgan fingerprint density at radius 2 is 1.83 bits per heavy atom. The van der Waals surface area contributed by atoms with Gasteiger partial charge >= 0.3 is 6.18 Å². The summed E-state index contributed by atoms with van der Waals surface area (Å²) in [4.78, 5) is 4.76. The zero-order chi connectivity index (χ0) is 19.3. The molecule has 8 heteroatoms. The van der Waals surface area contributed by atoms with Crippen LogP contribution in [0.15, 0.2) is 29.6 Å². The van der Waals surface area contributed by atoms with E-state index in [1.54, 1.807) is 6.92 Å². The van der Waals surface area contributed by atoms with Gasteiger partial charge in [0.1, 0.15) is 0 Å². The molecule has 0 fully saturated rings. The van der Waals surface area contributed by atoms with Crippen molar-refractivity contribution in [3.8, 4) is 18.1 Å². The largest absolute Gasteiger partial charge is 0.416 e. The molecule has 0 atom stereocenters. The molecule has 24 heavy (non-hydrogen) atoms. The van der Waals surface area contributed by atoms with Gasteiger partial charge in [0.25, 0.3) is 0 Å². The Morgan fingerprint density at radius 3 is 2.12 bits per heavy atom. The van der Waals surface area contributed by atoms with Crippen molar-refractivity contribution in [1.82, 2.24) is 5.48 Å². The number of hydroxylamine groups is 1. The van der Waals surface area contributed by atoms with Crippen LogP contribution >= 0.6 is 0 Å². The fraction of sp³-hybridized carbons (Fsp3) is 0.375. The fourth-order valence-corrected chi connectivity index (χ4v) is 1.18. The highest BCUT2D eigenvalue weighted by molar-refractivity contribution is 5.54. The van der Waals surface area contributed by atoms with E-state index in [1.807, 2.05) is 13.8 Å². The normalized spacial score (nSPS) is 10.9. The fourth-order valence-electron chi connectivity index (χ4n) is 1.18. The lowest BCUT2D eigenvalue weighted by molar-refractivity contribution is -0.137. The third kappa shape index (κ3) is 9.48. The second-order valence-electron chi connectivity index (χ2n) is 4.15. The van der Waals surface area contributed by atoms with E-state index < -0.39 is 11.7 Å². The molecule has 0 saturated carbocycles. The Kier molecular flexibility index (Phi) is 11.8. The van der Waals surface area contributed by atoms with Crippen LogP contribution in [0.2, 0.25) is 0 Å². The second-order valence-corrected chi connectivity index (χ2v) is 4.15. The average Bonchev–Trinajstić information content (AvgIpc) is 2.51. The zero-order valence-corrected chi connectivity index (χ0v) is 14.3. The lowest BCUT2D eigenvalue weighted by atomic mass is 10.2. The first-order valence-corrected chi connectivity index (χ1v) is 7.08. The quantitative estimate of drug-likeness (QED) is 0.383. The van der Waals surface area contributed by atoms with Gasteiger partial charge in [0.15, 0.2) is 5.75 Å². The van der Waals surface area contributed by atoms with Crippen molar-refractivity contribution >= 4 is 5.69 Å². The standard InChI is InChI=1S/C8H9F3N2O.C6H10N2.C2H6/c1-13-14-7-3-2-5(4-6(7)12)8(9,10)11;1-3-4-6(8)5(2)7;1-2/h2-4,13H,12H2,1H3;1H,4,7-8H2,2H3;1-2H3/b;6-5+;. The van der Waals surface area contributed by atoms with Gasteiger partial charge < -0.3 is 22.0 Å². The summed E-state index contributed by atoms with van der Waals surface area (Å²) in [6.45, 7) is 5.73.